The quantitative estimate of drug-likeness (QED) is 0.728. The molecule has 5 heteroatoms. The number of hydrogen-bond donors (Lipinski definition) is 1. The fourth-order valence-electron chi connectivity index (χ4n) is 4.97. The van der Waals surface area contributed by atoms with Crippen LogP contribution in [0.2, 0.25) is 0 Å². The maximum absolute atomic E-state index is 12.5. The minimum Gasteiger partial charge on any atom is -0.343 e. The standard InChI is InChI=1S/C25H37N3O2/c1-19-8-4-6-10-21(19)12-13-24(29)26-18-25(30)28-16-14-22(15-17-28)27(3)23-11-7-5-9-20(23)2/h4,6,8,10,12-13,20,22-23H,5,7,9,11,14-18H2,1-3H3,(H,26,29)/b13-12+/t20-,23-/m1/s1. The molecule has 1 saturated heterocycles. The lowest BCUT2D eigenvalue weighted by Crippen LogP contribution is -2.51. The molecule has 0 spiro atoms. The van der Waals surface area contributed by atoms with Gasteiger partial charge in [0.05, 0.1) is 6.54 Å². The number of nitrogens with zero attached hydrogens (tertiary/aromatic N) is 2. The van der Waals surface area contributed by atoms with Gasteiger partial charge in [-0.2, -0.15) is 0 Å². The highest BCUT2D eigenvalue weighted by molar-refractivity contribution is 5.94. The first-order valence-electron chi connectivity index (χ1n) is 11.5. The number of likely N-dealkylation sites (tertiary alicyclic amines) is 1. The molecule has 0 radical (unpaired) electrons. The van der Waals surface area contributed by atoms with E-state index in [2.05, 4.69) is 24.2 Å². The number of amides is 2. The van der Waals surface area contributed by atoms with E-state index in [4.69, 9.17) is 0 Å². The average molecular weight is 412 g/mol. The summed E-state index contributed by atoms with van der Waals surface area (Å²) in [5.74, 6) is 0.554. The van der Waals surface area contributed by atoms with E-state index in [0.29, 0.717) is 12.1 Å². The molecule has 30 heavy (non-hydrogen) atoms. The van der Waals surface area contributed by atoms with Crippen molar-refractivity contribution in [3.05, 3.63) is 41.5 Å². The van der Waals surface area contributed by atoms with Crippen molar-refractivity contribution in [2.24, 2.45) is 5.92 Å². The van der Waals surface area contributed by atoms with Crippen molar-refractivity contribution >= 4 is 17.9 Å². The van der Waals surface area contributed by atoms with Gasteiger partial charge in [-0.3, -0.25) is 9.59 Å². The SMILES string of the molecule is Cc1ccccc1/C=C/C(=O)NCC(=O)N1CCC(N(C)[C@@H]2CCCC[C@H]2C)CC1. The summed E-state index contributed by atoms with van der Waals surface area (Å²) in [7, 11) is 2.27. The van der Waals surface area contributed by atoms with E-state index in [9.17, 15) is 9.59 Å². The molecule has 1 aromatic rings. The van der Waals surface area contributed by atoms with E-state index >= 15 is 0 Å². The van der Waals surface area contributed by atoms with Crippen LogP contribution in [0.25, 0.3) is 6.08 Å². The van der Waals surface area contributed by atoms with Gasteiger partial charge in [0.1, 0.15) is 0 Å². The normalized spacial score (nSPS) is 23.1. The van der Waals surface area contributed by atoms with E-state index in [1.165, 1.54) is 31.8 Å². The maximum Gasteiger partial charge on any atom is 0.244 e. The Balaban J connectivity index is 1.41. The zero-order chi connectivity index (χ0) is 21.5. The van der Waals surface area contributed by atoms with Gasteiger partial charge in [0, 0.05) is 31.2 Å². The molecule has 5 nitrogen and oxygen atoms in total. The van der Waals surface area contributed by atoms with Crippen LogP contribution in [0.4, 0.5) is 0 Å². The zero-order valence-electron chi connectivity index (χ0n) is 18.8. The molecule has 2 amide bonds. The van der Waals surface area contributed by atoms with Crippen LogP contribution in [0.3, 0.4) is 0 Å². The Labute approximate surface area is 181 Å². The number of benzene rings is 1. The van der Waals surface area contributed by atoms with Crippen molar-refractivity contribution in [3.8, 4) is 0 Å². The maximum atomic E-state index is 12.5. The second-order valence-electron chi connectivity index (χ2n) is 9.01. The molecule has 1 N–H and O–H groups in total. The molecule has 0 aromatic heterocycles. The predicted octanol–water partition coefficient (Wildman–Crippen LogP) is 3.63. The lowest BCUT2D eigenvalue weighted by atomic mass is 9.84. The van der Waals surface area contributed by atoms with Gasteiger partial charge in [-0.1, -0.05) is 44.0 Å². The monoisotopic (exact) mass is 411 g/mol. The molecule has 3 rings (SSSR count). The topological polar surface area (TPSA) is 52.7 Å². The highest BCUT2D eigenvalue weighted by atomic mass is 16.2. The van der Waals surface area contributed by atoms with Crippen LogP contribution in [-0.4, -0.2) is 60.4 Å². The summed E-state index contributed by atoms with van der Waals surface area (Å²) in [6.07, 6.45) is 10.7. The van der Waals surface area contributed by atoms with Crippen LogP contribution < -0.4 is 5.32 Å². The first-order valence-corrected chi connectivity index (χ1v) is 11.5. The zero-order valence-corrected chi connectivity index (χ0v) is 18.8. The molecular formula is C25H37N3O2. The Bertz CT molecular complexity index is 753. The molecule has 1 saturated carbocycles. The van der Waals surface area contributed by atoms with Crippen LogP contribution in [0.15, 0.2) is 30.3 Å². The molecule has 2 fully saturated rings. The van der Waals surface area contributed by atoms with Gasteiger partial charge < -0.3 is 15.1 Å². The van der Waals surface area contributed by atoms with Gasteiger partial charge in [0.2, 0.25) is 11.8 Å². The Morgan fingerprint density at radius 2 is 1.83 bits per heavy atom. The minimum absolute atomic E-state index is 0.0137. The van der Waals surface area contributed by atoms with Crippen LogP contribution in [0, 0.1) is 12.8 Å². The van der Waals surface area contributed by atoms with Gasteiger partial charge in [0.15, 0.2) is 0 Å². The van der Waals surface area contributed by atoms with E-state index in [1.807, 2.05) is 36.1 Å². The van der Waals surface area contributed by atoms with Gasteiger partial charge in [-0.05, 0) is 62.8 Å². The van der Waals surface area contributed by atoms with E-state index in [-0.39, 0.29) is 18.4 Å². The fraction of sp³-hybridized carbons (Fsp3) is 0.600. The van der Waals surface area contributed by atoms with E-state index < -0.39 is 0 Å². The van der Waals surface area contributed by atoms with Gasteiger partial charge in [-0.25, -0.2) is 0 Å². The number of carbonyl (C=O) groups excluding carboxylic acids is 2. The Morgan fingerprint density at radius 3 is 2.53 bits per heavy atom. The summed E-state index contributed by atoms with van der Waals surface area (Å²) in [6, 6.07) is 9.15. The third-order valence-electron chi connectivity index (χ3n) is 7.00. The smallest absolute Gasteiger partial charge is 0.244 e. The summed E-state index contributed by atoms with van der Waals surface area (Å²) in [6.45, 7) is 6.02. The molecule has 1 aromatic carbocycles. The summed E-state index contributed by atoms with van der Waals surface area (Å²) in [5.41, 5.74) is 2.13. The van der Waals surface area contributed by atoms with Crippen molar-refractivity contribution < 1.29 is 9.59 Å². The summed E-state index contributed by atoms with van der Waals surface area (Å²) in [5, 5.41) is 2.73. The van der Waals surface area contributed by atoms with Crippen molar-refractivity contribution in [3.63, 3.8) is 0 Å². The first-order chi connectivity index (χ1) is 14.5. The highest BCUT2D eigenvalue weighted by Gasteiger charge is 2.32. The van der Waals surface area contributed by atoms with E-state index in [0.717, 1.165) is 43.0 Å². The van der Waals surface area contributed by atoms with Crippen molar-refractivity contribution in [1.29, 1.82) is 0 Å². The van der Waals surface area contributed by atoms with Gasteiger partial charge >= 0.3 is 0 Å². The lowest BCUT2D eigenvalue weighted by molar-refractivity contribution is -0.133. The number of aryl methyl sites for hydroxylation is 1. The molecule has 1 aliphatic heterocycles. The molecule has 2 aliphatic rings. The number of rotatable bonds is 6. The van der Waals surface area contributed by atoms with Crippen LogP contribution in [-0.2, 0) is 9.59 Å². The summed E-state index contributed by atoms with van der Waals surface area (Å²) < 4.78 is 0. The minimum atomic E-state index is -0.229. The second kappa shape index (κ2) is 10.8. The molecular weight excluding hydrogens is 374 g/mol. The molecule has 0 bridgehead atoms. The Morgan fingerprint density at radius 1 is 1.13 bits per heavy atom. The fourth-order valence-corrected chi connectivity index (χ4v) is 4.97. The van der Waals surface area contributed by atoms with Crippen molar-refractivity contribution in [2.45, 2.75) is 64.5 Å². The van der Waals surface area contributed by atoms with Gasteiger partial charge in [0.25, 0.3) is 0 Å². The number of piperidine rings is 1. The van der Waals surface area contributed by atoms with Crippen LogP contribution in [0.5, 0.6) is 0 Å². The van der Waals surface area contributed by atoms with Crippen LogP contribution >= 0.6 is 0 Å². The third-order valence-corrected chi connectivity index (χ3v) is 7.00. The number of carbonyl (C=O) groups is 2. The highest BCUT2D eigenvalue weighted by Crippen LogP contribution is 2.30. The molecule has 164 valence electrons. The predicted molar refractivity (Wildman–Crippen MR) is 122 cm³/mol. The van der Waals surface area contributed by atoms with Crippen LogP contribution in [0.1, 0.15) is 56.6 Å². The number of nitrogens with one attached hydrogen (secondary N) is 1. The van der Waals surface area contributed by atoms with E-state index in [1.54, 1.807) is 6.08 Å². The summed E-state index contributed by atoms with van der Waals surface area (Å²) in [4.78, 5) is 29.1. The summed E-state index contributed by atoms with van der Waals surface area (Å²) >= 11 is 0. The second-order valence-corrected chi connectivity index (χ2v) is 9.01. The average Bonchev–Trinajstić information content (AvgIpc) is 2.77. The Hall–Kier alpha value is -2.14. The number of hydrogen-bond acceptors (Lipinski definition) is 3. The first kappa shape index (κ1) is 22.5. The third kappa shape index (κ3) is 5.94. The van der Waals surface area contributed by atoms with Crippen molar-refractivity contribution in [2.75, 3.05) is 26.7 Å². The molecule has 1 heterocycles. The molecule has 0 unspecified atom stereocenters. The molecule has 1 aliphatic carbocycles. The van der Waals surface area contributed by atoms with Crippen molar-refractivity contribution in [1.82, 2.24) is 15.1 Å². The molecule has 2 atom stereocenters. The largest absolute Gasteiger partial charge is 0.343 e. The Kier molecular flexibility index (Phi) is 8.08. The van der Waals surface area contributed by atoms with Gasteiger partial charge in [-0.15, -0.1) is 0 Å². The lowest BCUT2D eigenvalue weighted by Gasteiger charge is -2.44.